The molecule has 57 valence electrons. The second kappa shape index (κ2) is 3.22. The summed E-state index contributed by atoms with van der Waals surface area (Å²) in [5.74, 6) is 0. The Morgan fingerprint density at radius 2 is 1.25 bits per heavy atom. The Labute approximate surface area is 72.5 Å². The van der Waals surface area contributed by atoms with Crippen LogP contribution in [0.2, 0.25) is 0 Å². The van der Waals surface area contributed by atoms with E-state index in [2.05, 4.69) is 30.3 Å². The lowest BCUT2D eigenvalue weighted by Gasteiger charge is -1.98. The molecule has 2 aromatic rings. The van der Waals surface area contributed by atoms with E-state index < -0.39 is 0 Å². The van der Waals surface area contributed by atoms with E-state index in [9.17, 15) is 0 Å². The van der Waals surface area contributed by atoms with Gasteiger partial charge in [-0.25, -0.2) is 0 Å². The van der Waals surface area contributed by atoms with Crippen LogP contribution in [0.3, 0.4) is 0 Å². The van der Waals surface area contributed by atoms with Crippen molar-refractivity contribution >= 4 is 0 Å². The Kier molecular flexibility index (Phi) is 1.91. The van der Waals surface area contributed by atoms with E-state index in [-0.39, 0.29) is 0 Å². The summed E-state index contributed by atoms with van der Waals surface area (Å²) >= 11 is 0. The van der Waals surface area contributed by atoms with E-state index in [1.165, 1.54) is 11.1 Å². The average molecular weight is 153 g/mol. The van der Waals surface area contributed by atoms with Gasteiger partial charge in [0.1, 0.15) is 0 Å². The van der Waals surface area contributed by atoms with Gasteiger partial charge in [-0.15, -0.1) is 0 Å². The maximum absolute atomic E-state index is 3.00. The zero-order valence-corrected chi connectivity index (χ0v) is 6.70. The normalized spacial score (nSPS) is 9.67. The Bertz CT molecular complexity index is 297. The molecule has 0 heteroatoms. The maximum atomic E-state index is 3.00. The molecular weight excluding hydrogens is 144 g/mol. The van der Waals surface area contributed by atoms with Gasteiger partial charge in [0, 0.05) is 0 Å². The van der Waals surface area contributed by atoms with Crippen molar-refractivity contribution in [3.05, 3.63) is 60.7 Å². The van der Waals surface area contributed by atoms with Crippen molar-refractivity contribution in [1.29, 1.82) is 0 Å². The number of hydrogen-bond donors (Lipinski definition) is 0. The molecule has 0 aliphatic heterocycles. The summed E-state index contributed by atoms with van der Waals surface area (Å²) in [7, 11) is 0. The van der Waals surface area contributed by atoms with Gasteiger partial charge in [-0.05, 0) is 17.2 Å². The van der Waals surface area contributed by atoms with E-state index >= 15 is 0 Å². The predicted octanol–water partition coefficient (Wildman–Crippen LogP) is 3.15. The van der Waals surface area contributed by atoms with Crippen LogP contribution in [-0.2, 0) is 0 Å². The Morgan fingerprint density at radius 1 is 0.667 bits per heavy atom. The number of hydrogen-bond acceptors (Lipinski definition) is 0. The Hall–Kier alpha value is -1.56. The fraction of sp³-hybridized carbons (Fsp3) is 0. The van der Waals surface area contributed by atoms with E-state index in [0.717, 1.165) is 0 Å². The second-order valence-electron chi connectivity index (χ2n) is 2.65. The van der Waals surface area contributed by atoms with Gasteiger partial charge in [0.05, 0.1) is 0 Å². The quantitative estimate of drug-likeness (QED) is 0.590. The molecule has 0 aliphatic carbocycles. The first-order valence-corrected chi connectivity index (χ1v) is 3.98. The molecule has 0 bridgehead atoms. The molecule has 0 unspecified atom stereocenters. The molecule has 2 rings (SSSR count). The van der Waals surface area contributed by atoms with Crippen LogP contribution >= 0.6 is 0 Å². The van der Waals surface area contributed by atoms with Crippen LogP contribution < -0.4 is 0 Å². The van der Waals surface area contributed by atoms with Crippen LogP contribution in [0.25, 0.3) is 11.1 Å². The molecule has 0 atom stereocenters. The van der Waals surface area contributed by atoms with Crippen molar-refractivity contribution in [3.8, 4) is 11.1 Å². The highest BCUT2D eigenvalue weighted by Gasteiger charge is 1.91. The van der Waals surface area contributed by atoms with Crippen LogP contribution in [0, 0.1) is 6.07 Å². The minimum absolute atomic E-state index is 1.24. The molecule has 0 saturated carbocycles. The highest BCUT2D eigenvalue weighted by molar-refractivity contribution is 5.62. The zero-order chi connectivity index (χ0) is 8.23. The molecule has 0 aromatic heterocycles. The predicted molar refractivity (Wildman–Crippen MR) is 50.7 cm³/mol. The Morgan fingerprint density at radius 3 is 1.92 bits per heavy atom. The van der Waals surface area contributed by atoms with Crippen molar-refractivity contribution in [1.82, 2.24) is 0 Å². The standard InChI is InChI=1S/C12H9/c1-3-7-11(8-4-1)12-9-5-2-6-10-12/h1,3-10H. The van der Waals surface area contributed by atoms with E-state index in [0.29, 0.717) is 0 Å². The van der Waals surface area contributed by atoms with Gasteiger partial charge in [-0.2, -0.15) is 0 Å². The third kappa shape index (κ3) is 1.37. The fourth-order valence-corrected chi connectivity index (χ4v) is 1.21. The largest absolute Gasteiger partial charge is 0.0622 e. The third-order valence-corrected chi connectivity index (χ3v) is 1.83. The van der Waals surface area contributed by atoms with Crippen LogP contribution in [-0.4, -0.2) is 0 Å². The van der Waals surface area contributed by atoms with Gasteiger partial charge in [-0.1, -0.05) is 54.6 Å². The molecule has 0 amide bonds. The number of benzene rings is 2. The van der Waals surface area contributed by atoms with Gasteiger partial charge >= 0.3 is 0 Å². The SMILES string of the molecule is [c]1ccc(-c2ccccc2)cc1. The summed E-state index contributed by atoms with van der Waals surface area (Å²) in [5, 5.41) is 0. The zero-order valence-electron chi connectivity index (χ0n) is 6.70. The van der Waals surface area contributed by atoms with E-state index in [1.54, 1.807) is 0 Å². The summed E-state index contributed by atoms with van der Waals surface area (Å²) < 4.78 is 0. The molecule has 0 aliphatic rings. The summed E-state index contributed by atoms with van der Waals surface area (Å²) in [6, 6.07) is 21.3. The molecule has 2 aromatic carbocycles. The molecule has 0 nitrogen and oxygen atoms in total. The minimum atomic E-state index is 1.24. The average Bonchev–Trinajstić information content (AvgIpc) is 2.21. The first kappa shape index (κ1) is 7.11. The Balaban J connectivity index is 2.46. The molecule has 0 N–H and O–H groups in total. The van der Waals surface area contributed by atoms with Gasteiger partial charge in [0.15, 0.2) is 0 Å². The summed E-state index contributed by atoms with van der Waals surface area (Å²) in [4.78, 5) is 0. The lowest BCUT2D eigenvalue weighted by molar-refractivity contribution is 1.61. The summed E-state index contributed by atoms with van der Waals surface area (Å²) in [6.45, 7) is 0. The van der Waals surface area contributed by atoms with Gasteiger partial charge in [-0.3, -0.25) is 0 Å². The fourth-order valence-electron chi connectivity index (χ4n) is 1.21. The highest BCUT2D eigenvalue weighted by Crippen LogP contribution is 2.16. The third-order valence-electron chi connectivity index (χ3n) is 1.83. The van der Waals surface area contributed by atoms with Crippen molar-refractivity contribution in [3.63, 3.8) is 0 Å². The van der Waals surface area contributed by atoms with Gasteiger partial charge in [0.2, 0.25) is 0 Å². The molecule has 0 heterocycles. The van der Waals surface area contributed by atoms with E-state index in [1.807, 2.05) is 30.3 Å². The molecule has 12 heavy (non-hydrogen) atoms. The first-order valence-electron chi connectivity index (χ1n) is 3.98. The van der Waals surface area contributed by atoms with Crippen LogP contribution in [0.1, 0.15) is 0 Å². The molecule has 1 radical (unpaired) electrons. The maximum Gasteiger partial charge on any atom is -0.0184 e. The molecule has 0 fully saturated rings. The minimum Gasteiger partial charge on any atom is -0.0622 e. The van der Waals surface area contributed by atoms with Crippen LogP contribution in [0.4, 0.5) is 0 Å². The summed E-state index contributed by atoms with van der Waals surface area (Å²) in [6.07, 6.45) is 0. The van der Waals surface area contributed by atoms with Crippen molar-refractivity contribution in [2.45, 2.75) is 0 Å². The van der Waals surface area contributed by atoms with Gasteiger partial charge < -0.3 is 0 Å². The smallest absolute Gasteiger partial charge is 0.0184 e. The molecule has 0 saturated heterocycles. The monoisotopic (exact) mass is 153 g/mol. The van der Waals surface area contributed by atoms with Crippen LogP contribution in [0.5, 0.6) is 0 Å². The topological polar surface area (TPSA) is 0 Å². The van der Waals surface area contributed by atoms with Crippen molar-refractivity contribution in [2.75, 3.05) is 0 Å². The second-order valence-corrected chi connectivity index (χ2v) is 2.65. The highest BCUT2D eigenvalue weighted by atomic mass is 14.0. The first-order chi connectivity index (χ1) is 5.97. The van der Waals surface area contributed by atoms with Crippen molar-refractivity contribution < 1.29 is 0 Å². The van der Waals surface area contributed by atoms with Gasteiger partial charge in [0.25, 0.3) is 0 Å². The molecular formula is C12H9. The van der Waals surface area contributed by atoms with Crippen LogP contribution in [0.15, 0.2) is 54.6 Å². The summed E-state index contributed by atoms with van der Waals surface area (Å²) in [5.41, 5.74) is 2.50. The lowest BCUT2D eigenvalue weighted by Crippen LogP contribution is -1.73. The lowest BCUT2D eigenvalue weighted by atomic mass is 10.1. The van der Waals surface area contributed by atoms with Crippen molar-refractivity contribution in [2.24, 2.45) is 0 Å². The number of rotatable bonds is 1. The molecule has 0 spiro atoms. The van der Waals surface area contributed by atoms with E-state index in [4.69, 9.17) is 0 Å².